The van der Waals surface area contributed by atoms with E-state index in [0.29, 0.717) is 6.54 Å². The molecule has 0 aliphatic heterocycles. The minimum atomic E-state index is 0. The predicted molar refractivity (Wildman–Crippen MR) is 125 cm³/mol. The quantitative estimate of drug-likeness (QED) is 0.315. The van der Waals surface area contributed by atoms with Crippen molar-refractivity contribution < 1.29 is 0 Å². The molecule has 2 N–H and O–H groups in total. The van der Waals surface area contributed by atoms with Crippen molar-refractivity contribution in [2.45, 2.75) is 26.8 Å². The number of para-hydroxylation sites is 1. The molecule has 4 nitrogen and oxygen atoms in total. The molecule has 0 fully saturated rings. The zero-order valence-electron chi connectivity index (χ0n) is 15.9. The molecule has 142 valence electrons. The Morgan fingerprint density at radius 1 is 0.963 bits per heavy atom. The Labute approximate surface area is 178 Å². The molecule has 0 saturated heterocycles. The molecule has 1 aromatic heterocycles. The second-order valence-electron chi connectivity index (χ2n) is 6.29. The third kappa shape index (κ3) is 5.92. The number of pyridine rings is 1. The summed E-state index contributed by atoms with van der Waals surface area (Å²) in [6.45, 7) is 6.54. The molecule has 0 aliphatic carbocycles. The van der Waals surface area contributed by atoms with Gasteiger partial charge in [0.1, 0.15) is 0 Å². The number of aromatic nitrogens is 1. The fraction of sp³-hybridized carbons (Fsp3) is 0.273. The van der Waals surface area contributed by atoms with Crippen molar-refractivity contribution in [1.82, 2.24) is 15.6 Å². The molecule has 0 radical (unpaired) electrons. The van der Waals surface area contributed by atoms with E-state index in [4.69, 9.17) is 4.99 Å². The molecule has 0 saturated carbocycles. The zero-order valence-corrected chi connectivity index (χ0v) is 18.2. The normalized spacial score (nSPS) is 11.1. The van der Waals surface area contributed by atoms with Crippen molar-refractivity contribution in [3.8, 4) is 0 Å². The highest BCUT2D eigenvalue weighted by Crippen LogP contribution is 2.16. The minimum absolute atomic E-state index is 0. The highest BCUT2D eigenvalue weighted by molar-refractivity contribution is 14.0. The molecule has 27 heavy (non-hydrogen) atoms. The Hall–Kier alpha value is -2.15. The van der Waals surface area contributed by atoms with Gasteiger partial charge in [-0.15, -0.1) is 24.0 Å². The lowest BCUT2D eigenvalue weighted by Crippen LogP contribution is -2.38. The number of aryl methyl sites for hydroxylation is 1. The first kappa shape index (κ1) is 21.2. The summed E-state index contributed by atoms with van der Waals surface area (Å²) in [5.41, 5.74) is 4.86. The van der Waals surface area contributed by atoms with Crippen LogP contribution in [0.1, 0.15) is 23.6 Å². The van der Waals surface area contributed by atoms with Gasteiger partial charge in [-0.25, -0.2) is 4.99 Å². The van der Waals surface area contributed by atoms with Gasteiger partial charge in [0.25, 0.3) is 0 Å². The molecule has 0 atom stereocenters. The van der Waals surface area contributed by atoms with Gasteiger partial charge in [-0.3, -0.25) is 4.98 Å². The van der Waals surface area contributed by atoms with E-state index < -0.39 is 0 Å². The molecule has 5 heteroatoms. The summed E-state index contributed by atoms with van der Waals surface area (Å²) in [4.78, 5) is 9.24. The lowest BCUT2D eigenvalue weighted by Gasteiger charge is -2.12. The maximum atomic E-state index is 4.72. The number of nitrogens with zero attached hydrogens (tertiary/aromatic N) is 2. The summed E-state index contributed by atoms with van der Waals surface area (Å²) in [6, 6.07) is 18.8. The first-order valence-electron chi connectivity index (χ1n) is 9.17. The van der Waals surface area contributed by atoms with Crippen LogP contribution in [0.15, 0.2) is 65.8 Å². The number of nitrogens with one attached hydrogen (secondary N) is 2. The van der Waals surface area contributed by atoms with Gasteiger partial charge in [0.15, 0.2) is 5.96 Å². The van der Waals surface area contributed by atoms with Crippen LogP contribution in [0.3, 0.4) is 0 Å². The SMILES string of the molecule is CCNC(=NCc1ccccc1C)NCCc1cccc2cccnc12.I. The van der Waals surface area contributed by atoms with Gasteiger partial charge in [0, 0.05) is 24.7 Å². The lowest BCUT2D eigenvalue weighted by molar-refractivity contribution is 0.800. The fourth-order valence-corrected chi connectivity index (χ4v) is 2.98. The molecular formula is C22H27IN4. The first-order chi connectivity index (χ1) is 12.8. The molecule has 2 aromatic carbocycles. The Morgan fingerprint density at radius 2 is 1.74 bits per heavy atom. The van der Waals surface area contributed by atoms with Crippen LogP contribution in [0.4, 0.5) is 0 Å². The summed E-state index contributed by atoms with van der Waals surface area (Å²) >= 11 is 0. The summed E-state index contributed by atoms with van der Waals surface area (Å²) in [5, 5.41) is 7.94. The summed E-state index contributed by atoms with van der Waals surface area (Å²) in [5.74, 6) is 0.851. The Morgan fingerprint density at radius 3 is 2.56 bits per heavy atom. The van der Waals surface area contributed by atoms with Gasteiger partial charge in [-0.2, -0.15) is 0 Å². The van der Waals surface area contributed by atoms with Gasteiger partial charge in [0.05, 0.1) is 12.1 Å². The van der Waals surface area contributed by atoms with Crippen molar-refractivity contribution in [2.24, 2.45) is 4.99 Å². The largest absolute Gasteiger partial charge is 0.357 e. The average Bonchev–Trinajstić information content (AvgIpc) is 2.67. The van der Waals surface area contributed by atoms with E-state index >= 15 is 0 Å². The van der Waals surface area contributed by atoms with Crippen molar-refractivity contribution in [2.75, 3.05) is 13.1 Å². The van der Waals surface area contributed by atoms with Crippen molar-refractivity contribution in [3.05, 3.63) is 77.5 Å². The Bertz CT molecular complexity index is 887. The van der Waals surface area contributed by atoms with Crippen LogP contribution in [0, 0.1) is 6.92 Å². The molecule has 3 aromatic rings. The van der Waals surface area contributed by atoms with Crippen LogP contribution in [0.25, 0.3) is 10.9 Å². The summed E-state index contributed by atoms with van der Waals surface area (Å²) in [6.07, 6.45) is 2.76. The maximum absolute atomic E-state index is 4.72. The lowest BCUT2D eigenvalue weighted by atomic mass is 10.1. The molecule has 1 heterocycles. The van der Waals surface area contributed by atoms with Crippen LogP contribution >= 0.6 is 24.0 Å². The van der Waals surface area contributed by atoms with E-state index in [0.717, 1.165) is 31.0 Å². The number of aliphatic imine (C=N–C) groups is 1. The van der Waals surface area contributed by atoms with E-state index in [1.54, 1.807) is 0 Å². The molecular weight excluding hydrogens is 447 g/mol. The number of halogens is 1. The smallest absolute Gasteiger partial charge is 0.191 e. The number of fused-ring (bicyclic) bond motifs is 1. The highest BCUT2D eigenvalue weighted by Gasteiger charge is 2.03. The molecule has 3 rings (SSSR count). The van der Waals surface area contributed by atoms with Crippen LogP contribution in [-0.2, 0) is 13.0 Å². The molecule has 0 unspecified atom stereocenters. The van der Waals surface area contributed by atoms with Crippen molar-refractivity contribution >= 4 is 40.8 Å². The van der Waals surface area contributed by atoms with Gasteiger partial charge >= 0.3 is 0 Å². The topological polar surface area (TPSA) is 49.3 Å². The van der Waals surface area contributed by atoms with Gasteiger partial charge in [-0.1, -0.05) is 48.5 Å². The second kappa shape index (κ2) is 10.9. The standard InChI is InChI=1S/C22H26N4.HI/c1-3-23-22(26-16-20-9-5-4-8-17(20)2)25-15-13-19-11-6-10-18-12-7-14-24-21(18)19;/h4-12,14H,3,13,15-16H2,1-2H3,(H2,23,25,26);1H. The average molecular weight is 474 g/mol. The van der Waals surface area contributed by atoms with E-state index in [1.807, 2.05) is 12.3 Å². The van der Waals surface area contributed by atoms with Gasteiger partial charge in [0.2, 0.25) is 0 Å². The zero-order chi connectivity index (χ0) is 18.2. The molecule has 0 amide bonds. The number of benzene rings is 2. The summed E-state index contributed by atoms with van der Waals surface area (Å²) < 4.78 is 0. The minimum Gasteiger partial charge on any atom is -0.357 e. The van der Waals surface area contributed by atoms with E-state index in [1.165, 1.54) is 22.1 Å². The van der Waals surface area contributed by atoms with Gasteiger partial charge < -0.3 is 10.6 Å². The Balaban J connectivity index is 0.00000261. The molecule has 0 spiro atoms. The predicted octanol–water partition coefficient (Wildman–Crippen LogP) is 4.46. The first-order valence-corrected chi connectivity index (χ1v) is 9.17. The van der Waals surface area contributed by atoms with Crippen LogP contribution < -0.4 is 10.6 Å². The van der Waals surface area contributed by atoms with Crippen molar-refractivity contribution in [1.29, 1.82) is 0 Å². The monoisotopic (exact) mass is 474 g/mol. The fourth-order valence-electron chi connectivity index (χ4n) is 2.98. The highest BCUT2D eigenvalue weighted by atomic mass is 127. The van der Waals surface area contributed by atoms with Crippen molar-refractivity contribution in [3.63, 3.8) is 0 Å². The molecule has 0 aliphatic rings. The van der Waals surface area contributed by atoms with E-state index in [9.17, 15) is 0 Å². The molecule has 0 bridgehead atoms. The summed E-state index contributed by atoms with van der Waals surface area (Å²) in [7, 11) is 0. The third-order valence-electron chi connectivity index (χ3n) is 4.42. The third-order valence-corrected chi connectivity index (χ3v) is 4.42. The van der Waals surface area contributed by atoms with Crippen LogP contribution in [0.2, 0.25) is 0 Å². The maximum Gasteiger partial charge on any atom is 0.191 e. The van der Waals surface area contributed by atoms with Crippen LogP contribution in [-0.4, -0.2) is 24.0 Å². The van der Waals surface area contributed by atoms with E-state index in [-0.39, 0.29) is 24.0 Å². The number of guanidine groups is 1. The van der Waals surface area contributed by atoms with Gasteiger partial charge in [-0.05, 0) is 43.0 Å². The Kier molecular flexibility index (Phi) is 8.51. The number of hydrogen-bond donors (Lipinski definition) is 2. The second-order valence-corrected chi connectivity index (χ2v) is 6.29. The van der Waals surface area contributed by atoms with Crippen LogP contribution in [0.5, 0.6) is 0 Å². The van der Waals surface area contributed by atoms with E-state index in [2.05, 4.69) is 78.0 Å². The number of rotatable bonds is 6. The number of hydrogen-bond acceptors (Lipinski definition) is 2.